The molecule has 0 aromatic heterocycles. The molecule has 3 N–H and O–H groups in total. The SMILES string of the molecule is C=C1/C(=C\C=C2/CCC[C@]3(C)[C@@H](C(C)/C=C/C=C/[C@@H](O)C4CC4)CC[C@@H]23)C[C@@H](O)C[C@@H]1O. The van der Waals surface area contributed by atoms with Crippen LogP contribution in [-0.4, -0.2) is 33.6 Å². The van der Waals surface area contributed by atoms with Crippen molar-refractivity contribution in [2.24, 2.45) is 29.1 Å². The van der Waals surface area contributed by atoms with Crippen molar-refractivity contribution in [3.05, 3.63) is 59.8 Å². The van der Waals surface area contributed by atoms with Crippen LogP contribution in [0, 0.1) is 29.1 Å². The number of rotatable bonds is 6. The highest BCUT2D eigenvalue weighted by atomic mass is 16.3. The molecule has 0 radical (unpaired) electrons. The zero-order valence-electron chi connectivity index (χ0n) is 19.9. The van der Waals surface area contributed by atoms with Crippen LogP contribution in [0.4, 0.5) is 0 Å². The van der Waals surface area contributed by atoms with Gasteiger partial charge in [-0.15, -0.1) is 0 Å². The molecule has 4 aliphatic rings. The van der Waals surface area contributed by atoms with Gasteiger partial charge in [0.2, 0.25) is 0 Å². The first-order valence-electron chi connectivity index (χ1n) is 12.8. The molecule has 3 nitrogen and oxygen atoms in total. The molecule has 0 aromatic carbocycles. The zero-order chi connectivity index (χ0) is 22.9. The van der Waals surface area contributed by atoms with E-state index in [1.54, 1.807) is 5.57 Å². The van der Waals surface area contributed by atoms with Gasteiger partial charge in [-0.05, 0) is 91.6 Å². The summed E-state index contributed by atoms with van der Waals surface area (Å²) in [5, 5.41) is 30.2. The topological polar surface area (TPSA) is 60.7 Å². The second kappa shape index (κ2) is 9.83. The van der Waals surface area contributed by atoms with E-state index in [0.717, 1.165) is 30.4 Å². The summed E-state index contributed by atoms with van der Waals surface area (Å²) in [6, 6.07) is 0. The van der Waals surface area contributed by atoms with E-state index in [0.29, 0.717) is 41.9 Å². The average molecular weight is 439 g/mol. The van der Waals surface area contributed by atoms with Crippen LogP contribution < -0.4 is 0 Å². The van der Waals surface area contributed by atoms with Crippen molar-refractivity contribution in [2.75, 3.05) is 0 Å². The van der Waals surface area contributed by atoms with E-state index in [1.807, 2.05) is 12.2 Å². The third-order valence-corrected chi connectivity index (χ3v) is 8.88. The Bertz CT molecular complexity index is 814. The quantitative estimate of drug-likeness (QED) is 0.470. The summed E-state index contributed by atoms with van der Waals surface area (Å²) in [5.41, 5.74) is 3.64. The fourth-order valence-electron chi connectivity index (χ4n) is 6.75. The molecule has 4 fully saturated rings. The standard InChI is InChI=1S/C29H42O3/c1-19(7-4-5-9-27(31)22-11-12-22)25-14-15-26-21(8-6-16-29(25,26)3)10-13-23-17-24(30)18-28(32)20(23)2/h4-5,7,9-10,13,19,22,24-28,30-32H,2,6,8,11-12,14-18H2,1,3H3/b7-4+,9-5+,21-10+,23-13-/t19?,24-,25-,26+,27-,28+,29-/m1/s1. The molecule has 0 aromatic rings. The summed E-state index contributed by atoms with van der Waals surface area (Å²) in [4.78, 5) is 0. The van der Waals surface area contributed by atoms with Crippen molar-refractivity contribution in [3.63, 3.8) is 0 Å². The molecule has 0 heterocycles. The highest BCUT2D eigenvalue weighted by Gasteiger charge is 2.50. The fraction of sp³-hybridized carbons (Fsp3) is 0.655. The van der Waals surface area contributed by atoms with Gasteiger partial charge in [-0.3, -0.25) is 0 Å². The van der Waals surface area contributed by atoms with E-state index in [-0.39, 0.29) is 6.10 Å². The Morgan fingerprint density at radius 3 is 2.56 bits per heavy atom. The number of fused-ring (bicyclic) bond motifs is 1. The molecular weight excluding hydrogens is 396 g/mol. The molecule has 3 heteroatoms. The Hall–Kier alpha value is -1.42. The lowest BCUT2D eigenvalue weighted by Gasteiger charge is -2.44. The number of hydrogen-bond acceptors (Lipinski definition) is 3. The monoisotopic (exact) mass is 438 g/mol. The van der Waals surface area contributed by atoms with Crippen LogP contribution in [0.25, 0.3) is 0 Å². The van der Waals surface area contributed by atoms with Crippen molar-refractivity contribution in [2.45, 2.75) is 89.9 Å². The van der Waals surface area contributed by atoms with Gasteiger partial charge in [0.15, 0.2) is 0 Å². The number of hydrogen-bond donors (Lipinski definition) is 3. The Morgan fingerprint density at radius 2 is 1.81 bits per heavy atom. The minimum atomic E-state index is -0.622. The number of aliphatic hydroxyl groups is 3. The lowest BCUT2D eigenvalue weighted by atomic mass is 9.61. The van der Waals surface area contributed by atoms with Gasteiger partial charge in [0.1, 0.15) is 0 Å². The highest BCUT2D eigenvalue weighted by molar-refractivity contribution is 5.38. The summed E-state index contributed by atoms with van der Waals surface area (Å²) in [6.45, 7) is 8.92. The normalized spacial score (nSPS) is 40.5. The molecule has 4 rings (SSSR count). The lowest BCUT2D eigenvalue weighted by Crippen LogP contribution is -2.35. The van der Waals surface area contributed by atoms with Crippen LogP contribution >= 0.6 is 0 Å². The molecule has 0 bridgehead atoms. The van der Waals surface area contributed by atoms with Crippen molar-refractivity contribution >= 4 is 0 Å². The molecule has 176 valence electrons. The first kappa shape index (κ1) is 23.7. The zero-order valence-corrected chi connectivity index (χ0v) is 19.9. The van der Waals surface area contributed by atoms with Gasteiger partial charge in [-0.1, -0.05) is 62.5 Å². The largest absolute Gasteiger partial charge is 0.393 e. The van der Waals surface area contributed by atoms with Crippen LogP contribution in [0.3, 0.4) is 0 Å². The van der Waals surface area contributed by atoms with Gasteiger partial charge in [0.25, 0.3) is 0 Å². The van der Waals surface area contributed by atoms with Crippen LogP contribution in [0.5, 0.6) is 0 Å². The Labute approximate surface area is 194 Å². The average Bonchev–Trinajstić information content (AvgIpc) is 3.54. The first-order chi connectivity index (χ1) is 15.3. The van der Waals surface area contributed by atoms with Gasteiger partial charge in [-0.2, -0.15) is 0 Å². The van der Waals surface area contributed by atoms with Crippen molar-refractivity contribution in [1.82, 2.24) is 0 Å². The van der Waals surface area contributed by atoms with Crippen molar-refractivity contribution in [3.8, 4) is 0 Å². The first-order valence-corrected chi connectivity index (χ1v) is 12.8. The second-order valence-corrected chi connectivity index (χ2v) is 11.1. The molecule has 4 aliphatic carbocycles. The van der Waals surface area contributed by atoms with Gasteiger partial charge in [0.05, 0.1) is 18.3 Å². The van der Waals surface area contributed by atoms with Crippen molar-refractivity contribution in [1.29, 1.82) is 0 Å². The molecule has 0 amide bonds. The van der Waals surface area contributed by atoms with Crippen molar-refractivity contribution < 1.29 is 15.3 Å². The maximum absolute atomic E-state index is 10.1. The number of aliphatic hydroxyl groups excluding tert-OH is 3. The molecule has 0 aliphatic heterocycles. The van der Waals surface area contributed by atoms with Crippen LogP contribution in [0.2, 0.25) is 0 Å². The van der Waals surface area contributed by atoms with E-state index in [2.05, 4.69) is 44.7 Å². The Balaban J connectivity index is 1.43. The summed E-state index contributed by atoms with van der Waals surface area (Å²) >= 11 is 0. The molecule has 32 heavy (non-hydrogen) atoms. The van der Waals surface area contributed by atoms with Crippen LogP contribution in [0.1, 0.15) is 71.6 Å². The predicted octanol–water partition coefficient (Wildman–Crippen LogP) is 5.65. The van der Waals surface area contributed by atoms with E-state index in [9.17, 15) is 15.3 Å². The Kier molecular flexibility index (Phi) is 7.29. The minimum absolute atomic E-state index is 0.272. The van der Waals surface area contributed by atoms with Gasteiger partial charge in [-0.25, -0.2) is 0 Å². The summed E-state index contributed by atoms with van der Waals surface area (Å²) in [5.74, 6) is 2.31. The van der Waals surface area contributed by atoms with Gasteiger partial charge < -0.3 is 15.3 Å². The van der Waals surface area contributed by atoms with Crippen LogP contribution in [0.15, 0.2) is 59.8 Å². The molecule has 1 unspecified atom stereocenters. The molecular formula is C29H42O3. The number of allylic oxidation sites excluding steroid dienone is 6. The van der Waals surface area contributed by atoms with E-state index in [4.69, 9.17) is 0 Å². The highest BCUT2D eigenvalue weighted by Crippen LogP contribution is 2.59. The fourth-order valence-corrected chi connectivity index (χ4v) is 6.75. The summed E-state index contributed by atoms with van der Waals surface area (Å²) in [6.07, 6.45) is 21.0. The maximum Gasteiger partial charge on any atom is 0.0811 e. The van der Waals surface area contributed by atoms with Gasteiger partial charge >= 0.3 is 0 Å². The molecule has 0 saturated heterocycles. The molecule has 7 atom stereocenters. The molecule has 4 saturated carbocycles. The van der Waals surface area contributed by atoms with Crippen LogP contribution in [-0.2, 0) is 0 Å². The third kappa shape index (κ3) is 5.05. The van der Waals surface area contributed by atoms with E-state index in [1.165, 1.54) is 25.7 Å². The lowest BCUT2D eigenvalue weighted by molar-refractivity contribution is 0.0862. The smallest absolute Gasteiger partial charge is 0.0811 e. The Morgan fingerprint density at radius 1 is 1.06 bits per heavy atom. The second-order valence-electron chi connectivity index (χ2n) is 11.1. The van der Waals surface area contributed by atoms with Gasteiger partial charge in [0, 0.05) is 6.42 Å². The summed E-state index contributed by atoms with van der Waals surface area (Å²) < 4.78 is 0. The van der Waals surface area contributed by atoms with E-state index >= 15 is 0 Å². The summed E-state index contributed by atoms with van der Waals surface area (Å²) in [7, 11) is 0. The predicted molar refractivity (Wildman–Crippen MR) is 131 cm³/mol. The minimum Gasteiger partial charge on any atom is -0.393 e. The van der Waals surface area contributed by atoms with E-state index < -0.39 is 12.2 Å². The third-order valence-electron chi connectivity index (χ3n) is 8.88. The molecule has 0 spiro atoms. The maximum atomic E-state index is 10.1.